The van der Waals surface area contributed by atoms with Gasteiger partial charge >= 0.3 is 5.97 Å². The zero-order chi connectivity index (χ0) is 17.3. The molecule has 3 N–H and O–H groups in total. The van der Waals surface area contributed by atoms with Crippen molar-refractivity contribution < 1.29 is 15.0 Å². The van der Waals surface area contributed by atoms with Gasteiger partial charge < -0.3 is 15.2 Å². The van der Waals surface area contributed by atoms with E-state index < -0.39 is 5.97 Å². The number of rotatable bonds is 4. The maximum atomic E-state index is 11.6. The fourth-order valence-electron chi connectivity index (χ4n) is 2.05. The Bertz CT molecular complexity index is 938. The number of hydrogen-bond acceptors (Lipinski definition) is 4. The summed E-state index contributed by atoms with van der Waals surface area (Å²) in [5.74, 6) is -1.13. The van der Waals surface area contributed by atoms with Crippen LogP contribution in [0.15, 0.2) is 46.5 Å². The van der Waals surface area contributed by atoms with Gasteiger partial charge in [0.25, 0.3) is 0 Å². The number of para-hydroxylation sites is 2. The number of thioether (sulfide) groups is 1. The zero-order valence-corrected chi connectivity index (χ0v) is 15.7. The number of phenols is 1. The number of carbonyl (C=O) groups is 1. The van der Waals surface area contributed by atoms with E-state index in [1.54, 1.807) is 6.07 Å². The minimum absolute atomic E-state index is 0.0102. The van der Waals surface area contributed by atoms with Crippen LogP contribution in [-0.4, -0.2) is 26.2 Å². The number of benzene rings is 2. The molecule has 24 heavy (non-hydrogen) atoms. The largest absolute Gasteiger partial charge is 0.506 e. The Morgan fingerprint density at radius 2 is 2.08 bits per heavy atom. The Morgan fingerprint density at radius 1 is 1.33 bits per heavy atom. The molecule has 2 aromatic carbocycles. The normalized spacial score (nSPS) is 11.8. The predicted octanol–water partition coefficient (Wildman–Crippen LogP) is 4.74. The maximum absolute atomic E-state index is 11.6. The Morgan fingerprint density at radius 3 is 2.79 bits per heavy atom. The molecule has 0 atom stereocenters. The average molecular weight is 473 g/mol. The summed E-state index contributed by atoms with van der Waals surface area (Å²) >= 11 is 8.89. The van der Waals surface area contributed by atoms with Gasteiger partial charge in [0.1, 0.15) is 10.7 Å². The van der Waals surface area contributed by atoms with Crippen molar-refractivity contribution in [1.29, 1.82) is 0 Å². The van der Waals surface area contributed by atoms with Gasteiger partial charge in [-0.05, 0) is 64.7 Å². The van der Waals surface area contributed by atoms with E-state index in [0.29, 0.717) is 19.3 Å². The Hall–Kier alpha value is -1.71. The minimum Gasteiger partial charge on any atom is -0.506 e. The van der Waals surface area contributed by atoms with Crippen LogP contribution in [0.25, 0.3) is 17.1 Å². The van der Waals surface area contributed by atoms with E-state index >= 15 is 0 Å². The molecular formula is C16H10ClIN2O3S. The van der Waals surface area contributed by atoms with Crippen LogP contribution in [0.4, 0.5) is 0 Å². The third-order valence-corrected chi connectivity index (χ3v) is 5.07. The first-order valence-corrected chi connectivity index (χ1v) is 8.97. The molecule has 1 aromatic heterocycles. The summed E-state index contributed by atoms with van der Waals surface area (Å²) in [5, 5.41) is 20.4. The van der Waals surface area contributed by atoms with Crippen LogP contribution >= 0.6 is 46.0 Å². The topological polar surface area (TPSA) is 86.2 Å². The number of nitrogens with zero attached hydrogens (tertiary/aromatic N) is 1. The van der Waals surface area contributed by atoms with Gasteiger partial charge in [-0.3, -0.25) is 0 Å². The van der Waals surface area contributed by atoms with E-state index in [9.17, 15) is 15.0 Å². The molecule has 0 aliphatic rings. The van der Waals surface area contributed by atoms with E-state index in [2.05, 4.69) is 9.97 Å². The van der Waals surface area contributed by atoms with Crippen molar-refractivity contribution in [3.05, 3.63) is 55.5 Å². The Balaban J connectivity index is 1.99. The minimum atomic E-state index is -1.12. The van der Waals surface area contributed by atoms with Gasteiger partial charge in [-0.1, -0.05) is 23.7 Å². The Kier molecular flexibility index (Phi) is 5.02. The first-order valence-electron chi connectivity index (χ1n) is 6.69. The highest BCUT2D eigenvalue weighted by molar-refractivity contribution is 14.1. The SMILES string of the molecule is O=C(O)/C(=C/c1cc(Cl)cc(I)c1O)Sc1nc2ccccc2[nH]1. The first-order chi connectivity index (χ1) is 11.4. The molecule has 3 aromatic rings. The number of aliphatic carboxylic acids is 1. The second-order valence-electron chi connectivity index (χ2n) is 4.80. The molecule has 0 bridgehead atoms. The summed E-state index contributed by atoms with van der Waals surface area (Å²) in [6.45, 7) is 0. The number of aromatic amines is 1. The number of nitrogens with one attached hydrogen (secondary N) is 1. The fourth-order valence-corrected chi connectivity index (χ4v) is 3.90. The van der Waals surface area contributed by atoms with Crippen LogP contribution in [0.3, 0.4) is 0 Å². The fraction of sp³-hybridized carbons (Fsp3) is 0. The highest BCUT2D eigenvalue weighted by Crippen LogP contribution is 2.33. The lowest BCUT2D eigenvalue weighted by molar-refractivity contribution is -0.131. The molecule has 0 aliphatic carbocycles. The van der Waals surface area contributed by atoms with Gasteiger partial charge in [0, 0.05) is 10.6 Å². The average Bonchev–Trinajstić information content (AvgIpc) is 2.93. The van der Waals surface area contributed by atoms with Crippen LogP contribution in [0.5, 0.6) is 5.75 Å². The van der Waals surface area contributed by atoms with Gasteiger partial charge in [0.15, 0.2) is 5.16 Å². The lowest BCUT2D eigenvalue weighted by atomic mass is 10.2. The highest BCUT2D eigenvalue weighted by atomic mass is 127. The third kappa shape index (κ3) is 3.68. The van der Waals surface area contributed by atoms with Gasteiger partial charge in [0.05, 0.1) is 14.6 Å². The number of imidazole rings is 1. The second-order valence-corrected chi connectivity index (χ2v) is 7.43. The van der Waals surface area contributed by atoms with E-state index in [1.165, 1.54) is 12.1 Å². The van der Waals surface area contributed by atoms with Crippen molar-refractivity contribution in [1.82, 2.24) is 9.97 Å². The van der Waals surface area contributed by atoms with Crippen LogP contribution in [-0.2, 0) is 4.79 Å². The zero-order valence-electron chi connectivity index (χ0n) is 12.0. The quantitative estimate of drug-likeness (QED) is 0.290. The summed E-state index contributed by atoms with van der Waals surface area (Å²) in [5.41, 5.74) is 1.92. The van der Waals surface area contributed by atoms with Crippen molar-refractivity contribution in [2.45, 2.75) is 5.16 Å². The molecule has 0 spiro atoms. The molecule has 1 heterocycles. The summed E-state index contributed by atoms with van der Waals surface area (Å²) in [7, 11) is 0. The van der Waals surface area contributed by atoms with Crippen molar-refractivity contribution in [2.24, 2.45) is 0 Å². The first kappa shape index (κ1) is 17.1. The van der Waals surface area contributed by atoms with Crippen LogP contribution in [0.1, 0.15) is 5.56 Å². The molecular weight excluding hydrogens is 463 g/mol. The van der Waals surface area contributed by atoms with Crippen molar-refractivity contribution in [3.8, 4) is 5.75 Å². The predicted molar refractivity (Wildman–Crippen MR) is 103 cm³/mol. The molecule has 0 aliphatic heterocycles. The van der Waals surface area contributed by atoms with Gasteiger partial charge in [-0.2, -0.15) is 0 Å². The lowest BCUT2D eigenvalue weighted by Crippen LogP contribution is -1.97. The number of phenolic OH excluding ortho intramolecular Hbond substituents is 1. The molecule has 0 amide bonds. The molecule has 3 rings (SSSR count). The van der Waals surface area contributed by atoms with E-state index in [1.807, 2.05) is 46.9 Å². The van der Waals surface area contributed by atoms with Crippen molar-refractivity contribution in [2.75, 3.05) is 0 Å². The number of hydrogen-bond donors (Lipinski definition) is 3. The number of carboxylic acids is 1. The molecule has 0 unspecified atom stereocenters. The van der Waals surface area contributed by atoms with Crippen LogP contribution in [0.2, 0.25) is 5.02 Å². The summed E-state index contributed by atoms with van der Waals surface area (Å²) in [6.07, 6.45) is 1.38. The number of H-pyrrole nitrogens is 1. The molecule has 0 fully saturated rings. The number of aromatic nitrogens is 2. The van der Waals surface area contributed by atoms with Crippen molar-refractivity contribution >= 4 is 69.0 Å². The number of aromatic hydroxyl groups is 1. The van der Waals surface area contributed by atoms with Gasteiger partial charge in [0.2, 0.25) is 0 Å². The molecule has 0 saturated carbocycles. The molecule has 5 nitrogen and oxygen atoms in total. The number of fused-ring (bicyclic) bond motifs is 1. The standard InChI is InChI=1S/C16H10ClIN2O3S/c17-9-5-8(14(21)10(18)7-9)6-13(15(22)23)24-16-19-11-3-1-2-4-12(11)20-16/h1-7,21H,(H,19,20)(H,22,23)/b13-6-. The maximum Gasteiger partial charge on any atom is 0.342 e. The highest BCUT2D eigenvalue weighted by Gasteiger charge is 2.15. The molecule has 0 radical (unpaired) electrons. The smallest absolute Gasteiger partial charge is 0.342 e. The van der Waals surface area contributed by atoms with E-state index in [-0.39, 0.29) is 10.7 Å². The van der Waals surface area contributed by atoms with E-state index in [0.717, 1.165) is 22.8 Å². The van der Waals surface area contributed by atoms with Crippen LogP contribution in [0, 0.1) is 3.57 Å². The molecule has 0 saturated heterocycles. The summed E-state index contributed by atoms with van der Waals surface area (Å²) in [4.78, 5) is 19.0. The van der Waals surface area contributed by atoms with E-state index in [4.69, 9.17) is 11.6 Å². The third-order valence-electron chi connectivity index (χ3n) is 3.13. The number of halogens is 2. The van der Waals surface area contributed by atoms with Crippen molar-refractivity contribution in [3.63, 3.8) is 0 Å². The molecule has 122 valence electrons. The summed E-state index contributed by atoms with van der Waals surface area (Å²) < 4.78 is 0.546. The lowest BCUT2D eigenvalue weighted by Gasteiger charge is -2.05. The second kappa shape index (κ2) is 7.04. The number of carboxylic acid groups (broad SMARTS) is 1. The van der Waals surface area contributed by atoms with Gasteiger partial charge in [-0.25, -0.2) is 9.78 Å². The molecule has 8 heteroatoms. The van der Waals surface area contributed by atoms with Crippen LogP contribution < -0.4 is 0 Å². The van der Waals surface area contributed by atoms with Gasteiger partial charge in [-0.15, -0.1) is 0 Å². The Labute approximate surface area is 159 Å². The monoisotopic (exact) mass is 472 g/mol. The summed E-state index contributed by atoms with van der Waals surface area (Å²) in [6, 6.07) is 10.5.